The van der Waals surface area contributed by atoms with Gasteiger partial charge in [-0.1, -0.05) is 13.0 Å². The molecule has 3 heteroatoms. The smallest absolute Gasteiger partial charge is 0.115 e. The molecule has 1 aromatic carbocycles. The summed E-state index contributed by atoms with van der Waals surface area (Å²) in [5.74, 6) is 2.08. The molecule has 0 spiro atoms. The molecule has 0 radical (unpaired) electrons. The second kappa shape index (κ2) is 4.49. The molecule has 104 valence electrons. The van der Waals surface area contributed by atoms with Gasteiger partial charge in [0.25, 0.3) is 0 Å². The highest BCUT2D eigenvalue weighted by molar-refractivity contribution is 8.93. The molecule has 19 heavy (non-hydrogen) atoms. The fraction of sp³-hybridized carbons (Fsp3) is 0.625. The molecule has 2 nitrogen and oxygen atoms in total. The van der Waals surface area contributed by atoms with Gasteiger partial charge >= 0.3 is 0 Å². The van der Waals surface area contributed by atoms with Crippen LogP contribution in [0.25, 0.3) is 0 Å². The number of phenolic OH excluding ortho intramolecular Hbond substituents is 1. The quantitative estimate of drug-likeness (QED) is 0.768. The van der Waals surface area contributed by atoms with E-state index in [0.717, 1.165) is 18.3 Å². The second-order valence-corrected chi connectivity index (χ2v) is 6.72. The zero-order valence-corrected chi connectivity index (χ0v) is 13.1. The van der Waals surface area contributed by atoms with E-state index in [1.807, 2.05) is 12.1 Å². The summed E-state index contributed by atoms with van der Waals surface area (Å²) in [4.78, 5) is 0. The Balaban J connectivity index is 0.00000110. The minimum absolute atomic E-state index is 0. The zero-order valence-electron chi connectivity index (χ0n) is 11.4. The Morgan fingerprint density at radius 2 is 2.21 bits per heavy atom. The van der Waals surface area contributed by atoms with Crippen molar-refractivity contribution in [1.29, 1.82) is 0 Å². The molecule has 4 unspecified atom stereocenters. The first-order valence-electron chi connectivity index (χ1n) is 7.22. The maximum atomic E-state index is 9.81. The van der Waals surface area contributed by atoms with Gasteiger partial charge in [-0.2, -0.15) is 0 Å². The fourth-order valence-corrected chi connectivity index (χ4v) is 4.74. The molecule has 1 saturated carbocycles. The number of hydrogen-bond acceptors (Lipinski definition) is 2. The van der Waals surface area contributed by atoms with E-state index in [-0.39, 0.29) is 22.4 Å². The molecule has 2 N–H and O–H groups in total. The molecule has 4 atom stereocenters. The first-order chi connectivity index (χ1) is 8.67. The van der Waals surface area contributed by atoms with Crippen molar-refractivity contribution in [2.24, 2.45) is 11.8 Å². The topological polar surface area (TPSA) is 32.3 Å². The lowest BCUT2D eigenvalue weighted by atomic mass is 9.53. The lowest BCUT2D eigenvalue weighted by Crippen LogP contribution is -2.59. The van der Waals surface area contributed by atoms with E-state index in [2.05, 4.69) is 18.3 Å². The largest absolute Gasteiger partial charge is 0.508 e. The highest BCUT2D eigenvalue weighted by Gasteiger charge is 2.50. The standard InChI is InChI=1S/C16H21NO.BrH/c1-16-5-4-10-6-14(16)15(17-9-10)7-11-2-3-12(18)8-13(11)16;/h2-3,8,10,14-15,17-18H,4-7,9H2,1H3;1H. The number of fused-ring (bicyclic) bond motifs is 3. The van der Waals surface area contributed by atoms with Crippen LogP contribution < -0.4 is 5.32 Å². The molecular formula is C16H22BrNO. The summed E-state index contributed by atoms with van der Waals surface area (Å²) in [5.41, 5.74) is 3.15. The third-order valence-corrected chi connectivity index (χ3v) is 5.78. The Morgan fingerprint density at radius 1 is 1.37 bits per heavy atom. The summed E-state index contributed by atoms with van der Waals surface area (Å²) in [6.07, 6.45) is 5.14. The number of halogens is 1. The highest BCUT2D eigenvalue weighted by atomic mass is 79.9. The van der Waals surface area contributed by atoms with Crippen LogP contribution in [0.5, 0.6) is 5.75 Å². The van der Waals surface area contributed by atoms with Crippen LogP contribution in [0.2, 0.25) is 0 Å². The summed E-state index contributed by atoms with van der Waals surface area (Å²) in [6, 6.07) is 6.66. The molecule has 1 aromatic rings. The number of benzene rings is 1. The van der Waals surface area contributed by atoms with Gasteiger partial charge in [-0.3, -0.25) is 0 Å². The molecular weight excluding hydrogens is 302 g/mol. The van der Waals surface area contributed by atoms with Crippen molar-refractivity contribution in [1.82, 2.24) is 5.32 Å². The fourth-order valence-electron chi connectivity index (χ4n) is 4.74. The van der Waals surface area contributed by atoms with Gasteiger partial charge in [-0.05, 0) is 72.7 Å². The SMILES string of the molecule is Br.CC12CCC3CNC(Cc4ccc(O)cc41)C2C3. The number of phenols is 1. The predicted molar refractivity (Wildman–Crippen MR) is 82.1 cm³/mol. The van der Waals surface area contributed by atoms with E-state index in [0.29, 0.717) is 11.8 Å². The molecule has 0 amide bonds. The highest BCUT2D eigenvalue weighted by Crippen LogP contribution is 2.53. The first-order valence-corrected chi connectivity index (χ1v) is 7.22. The molecule has 2 bridgehead atoms. The van der Waals surface area contributed by atoms with E-state index >= 15 is 0 Å². The van der Waals surface area contributed by atoms with Gasteiger partial charge in [-0.25, -0.2) is 0 Å². The summed E-state index contributed by atoms with van der Waals surface area (Å²) in [6.45, 7) is 3.63. The van der Waals surface area contributed by atoms with Crippen LogP contribution in [0.15, 0.2) is 18.2 Å². The Hall–Kier alpha value is -0.540. The maximum Gasteiger partial charge on any atom is 0.115 e. The van der Waals surface area contributed by atoms with E-state index in [1.165, 1.54) is 36.9 Å². The van der Waals surface area contributed by atoms with Crippen molar-refractivity contribution in [3.63, 3.8) is 0 Å². The summed E-state index contributed by atoms with van der Waals surface area (Å²) >= 11 is 0. The monoisotopic (exact) mass is 323 g/mol. The average Bonchev–Trinajstić information content (AvgIpc) is 2.38. The Bertz CT molecular complexity index is 504. The molecule has 2 aliphatic carbocycles. The normalized spacial score (nSPS) is 39.1. The van der Waals surface area contributed by atoms with Crippen LogP contribution in [0.3, 0.4) is 0 Å². The van der Waals surface area contributed by atoms with Crippen molar-refractivity contribution in [2.75, 3.05) is 6.54 Å². The van der Waals surface area contributed by atoms with Crippen LogP contribution in [-0.2, 0) is 11.8 Å². The third kappa shape index (κ3) is 1.85. The third-order valence-electron chi connectivity index (χ3n) is 5.78. The average molecular weight is 324 g/mol. The number of piperidine rings is 1. The number of aromatic hydroxyl groups is 1. The van der Waals surface area contributed by atoms with Gasteiger partial charge in [0.15, 0.2) is 0 Å². The number of nitrogens with one attached hydrogen (secondary N) is 1. The van der Waals surface area contributed by atoms with Gasteiger partial charge in [0, 0.05) is 6.04 Å². The van der Waals surface area contributed by atoms with E-state index < -0.39 is 0 Å². The summed E-state index contributed by atoms with van der Waals surface area (Å²) in [5, 5.41) is 13.6. The molecule has 1 heterocycles. The van der Waals surface area contributed by atoms with E-state index in [4.69, 9.17) is 0 Å². The van der Waals surface area contributed by atoms with Crippen molar-refractivity contribution >= 4 is 17.0 Å². The minimum Gasteiger partial charge on any atom is -0.508 e. The van der Waals surface area contributed by atoms with Crippen molar-refractivity contribution in [2.45, 2.75) is 44.1 Å². The molecule has 1 saturated heterocycles. The molecule has 0 aromatic heterocycles. The van der Waals surface area contributed by atoms with Gasteiger partial charge in [0.2, 0.25) is 0 Å². The Kier molecular flexibility index (Phi) is 3.18. The molecule has 2 fully saturated rings. The Labute approximate surface area is 125 Å². The van der Waals surface area contributed by atoms with Crippen molar-refractivity contribution in [3.8, 4) is 5.75 Å². The lowest BCUT2D eigenvalue weighted by Gasteiger charge is -2.55. The van der Waals surface area contributed by atoms with Gasteiger partial charge in [0.05, 0.1) is 0 Å². The number of rotatable bonds is 0. The van der Waals surface area contributed by atoms with Crippen LogP contribution in [-0.4, -0.2) is 17.7 Å². The summed E-state index contributed by atoms with van der Waals surface area (Å²) < 4.78 is 0. The van der Waals surface area contributed by atoms with Gasteiger partial charge < -0.3 is 10.4 Å². The van der Waals surface area contributed by atoms with Crippen molar-refractivity contribution in [3.05, 3.63) is 29.3 Å². The van der Waals surface area contributed by atoms with Gasteiger partial charge in [0.1, 0.15) is 5.75 Å². The van der Waals surface area contributed by atoms with Gasteiger partial charge in [-0.15, -0.1) is 17.0 Å². The van der Waals surface area contributed by atoms with Crippen LogP contribution in [0.1, 0.15) is 37.3 Å². The molecule has 4 rings (SSSR count). The summed E-state index contributed by atoms with van der Waals surface area (Å²) in [7, 11) is 0. The van der Waals surface area contributed by atoms with Crippen LogP contribution in [0, 0.1) is 11.8 Å². The maximum absolute atomic E-state index is 9.81. The molecule has 1 aliphatic heterocycles. The Morgan fingerprint density at radius 3 is 3.05 bits per heavy atom. The lowest BCUT2D eigenvalue weighted by molar-refractivity contribution is 0.0626. The minimum atomic E-state index is 0. The predicted octanol–water partition coefficient (Wildman–Crippen LogP) is 3.17. The van der Waals surface area contributed by atoms with Crippen LogP contribution in [0.4, 0.5) is 0 Å². The zero-order chi connectivity index (χ0) is 12.3. The first kappa shape index (κ1) is 13.4. The molecule has 3 aliphatic rings. The van der Waals surface area contributed by atoms with E-state index in [9.17, 15) is 5.11 Å². The van der Waals surface area contributed by atoms with E-state index in [1.54, 1.807) is 0 Å². The second-order valence-electron chi connectivity index (χ2n) is 6.72. The van der Waals surface area contributed by atoms with Crippen LogP contribution >= 0.6 is 17.0 Å². The number of hydrogen-bond donors (Lipinski definition) is 2. The van der Waals surface area contributed by atoms with Crippen molar-refractivity contribution < 1.29 is 5.11 Å².